The summed E-state index contributed by atoms with van der Waals surface area (Å²) in [6, 6.07) is 13.2. The van der Waals surface area contributed by atoms with Gasteiger partial charge in [0.25, 0.3) is 5.91 Å². The molecular formula is C19H16N4O2. The van der Waals surface area contributed by atoms with Crippen molar-refractivity contribution in [2.45, 2.75) is 0 Å². The Hall–Kier alpha value is -3.17. The molecule has 1 saturated heterocycles. The molecule has 1 aliphatic rings. The van der Waals surface area contributed by atoms with Gasteiger partial charge in [-0.1, -0.05) is 24.1 Å². The molecule has 0 spiro atoms. The molecular weight excluding hydrogens is 316 g/mol. The minimum absolute atomic E-state index is 0.0919. The molecule has 0 aliphatic carbocycles. The maximum Gasteiger partial charge on any atom is 0.274 e. The third-order valence-corrected chi connectivity index (χ3v) is 3.95. The molecule has 0 bridgehead atoms. The number of carbonyl (C=O) groups is 1. The van der Waals surface area contributed by atoms with Crippen LogP contribution in [0.5, 0.6) is 0 Å². The monoisotopic (exact) mass is 332 g/mol. The number of hydrogen-bond acceptors (Lipinski definition) is 4. The Morgan fingerprint density at radius 1 is 1.08 bits per heavy atom. The topological polar surface area (TPSA) is 59.7 Å². The fourth-order valence-corrected chi connectivity index (χ4v) is 2.64. The Bertz CT molecular complexity index is 963. The van der Waals surface area contributed by atoms with Gasteiger partial charge in [-0.2, -0.15) is 5.10 Å². The van der Waals surface area contributed by atoms with Crippen molar-refractivity contribution in [3.63, 3.8) is 0 Å². The second-order valence-corrected chi connectivity index (χ2v) is 5.67. The summed E-state index contributed by atoms with van der Waals surface area (Å²) in [6.45, 7) is 2.31. The molecule has 0 N–H and O–H groups in total. The summed E-state index contributed by atoms with van der Waals surface area (Å²) in [4.78, 5) is 18.7. The Morgan fingerprint density at radius 3 is 2.68 bits per heavy atom. The van der Waals surface area contributed by atoms with Gasteiger partial charge in [0.2, 0.25) is 0 Å². The van der Waals surface area contributed by atoms with Crippen molar-refractivity contribution in [3.8, 4) is 11.8 Å². The van der Waals surface area contributed by atoms with Gasteiger partial charge in [0.15, 0.2) is 11.3 Å². The molecule has 0 unspecified atom stereocenters. The third-order valence-electron chi connectivity index (χ3n) is 3.95. The van der Waals surface area contributed by atoms with Gasteiger partial charge in [0.1, 0.15) is 5.69 Å². The molecule has 1 aromatic carbocycles. The molecule has 6 nitrogen and oxygen atoms in total. The summed E-state index contributed by atoms with van der Waals surface area (Å²) in [5.74, 6) is 6.02. The van der Waals surface area contributed by atoms with E-state index in [1.807, 2.05) is 30.3 Å². The molecule has 3 aromatic rings. The lowest BCUT2D eigenvalue weighted by Gasteiger charge is -2.25. The van der Waals surface area contributed by atoms with Gasteiger partial charge < -0.3 is 9.64 Å². The molecule has 25 heavy (non-hydrogen) atoms. The Kier molecular flexibility index (Phi) is 4.15. The molecule has 3 heterocycles. The molecule has 2 aromatic heterocycles. The van der Waals surface area contributed by atoms with E-state index in [2.05, 4.69) is 21.9 Å². The average molecular weight is 332 g/mol. The Labute approximate surface area is 145 Å². The van der Waals surface area contributed by atoms with Gasteiger partial charge in [0.05, 0.1) is 13.2 Å². The molecule has 0 atom stereocenters. The van der Waals surface area contributed by atoms with Crippen LogP contribution in [0.1, 0.15) is 21.7 Å². The number of amides is 1. The second-order valence-electron chi connectivity index (χ2n) is 5.67. The van der Waals surface area contributed by atoms with E-state index in [-0.39, 0.29) is 5.91 Å². The van der Waals surface area contributed by atoms with E-state index in [0.717, 1.165) is 5.56 Å². The van der Waals surface area contributed by atoms with Crippen LogP contribution in [0.15, 0.2) is 48.7 Å². The fraction of sp³-hybridized carbons (Fsp3) is 0.211. The number of rotatable bonds is 1. The number of carbonyl (C=O) groups excluding carboxylic acids is 1. The first kappa shape index (κ1) is 15.4. The van der Waals surface area contributed by atoms with Crippen LogP contribution in [0.3, 0.4) is 0 Å². The average Bonchev–Trinajstić information content (AvgIpc) is 3.10. The molecule has 6 heteroatoms. The number of benzene rings is 1. The van der Waals surface area contributed by atoms with Gasteiger partial charge in [-0.25, -0.2) is 9.50 Å². The summed E-state index contributed by atoms with van der Waals surface area (Å²) in [5.41, 5.74) is 2.57. The number of nitrogens with zero attached hydrogens (tertiary/aromatic N) is 4. The van der Waals surface area contributed by atoms with Crippen LogP contribution in [0.25, 0.3) is 5.65 Å². The van der Waals surface area contributed by atoms with Crippen LogP contribution in [0, 0.1) is 11.8 Å². The van der Waals surface area contributed by atoms with E-state index in [4.69, 9.17) is 4.74 Å². The maximum absolute atomic E-state index is 12.5. The lowest BCUT2D eigenvalue weighted by atomic mass is 10.2. The van der Waals surface area contributed by atoms with Gasteiger partial charge in [-0.15, -0.1) is 0 Å². The zero-order valence-electron chi connectivity index (χ0n) is 13.6. The first-order valence-electron chi connectivity index (χ1n) is 8.10. The lowest BCUT2D eigenvalue weighted by molar-refractivity contribution is 0.0299. The largest absolute Gasteiger partial charge is 0.378 e. The quantitative estimate of drug-likeness (QED) is 0.635. The van der Waals surface area contributed by atoms with Crippen molar-refractivity contribution in [2.75, 3.05) is 26.3 Å². The van der Waals surface area contributed by atoms with E-state index in [9.17, 15) is 4.79 Å². The number of morpholine rings is 1. The minimum Gasteiger partial charge on any atom is -0.378 e. The van der Waals surface area contributed by atoms with Crippen molar-refractivity contribution in [1.29, 1.82) is 0 Å². The molecule has 1 amide bonds. The molecule has 4 rings (SSSR count). The molecule has 1 fully saturated rings. The highest BCUT2D eigenvalue weighted by molar-refractivity contribution is 5.93. The van der Waals surface area contributed by atoms with Gasteiger partial charge in [-0.05, 0) is 24.1 Å². The summed E-state index contributed by atoms with van der Waals surface area (Å²) >= 11 is 0. The predicted octanol–water partition coefficient (Wildman–Crippen LogP) is 1.60. The van der Waals surface area contributed by atoms with E-state index >= 15 is 0 Å². The van der Waals surface area contributed by atoms with Gasteiger partial charge in [0, 0.05) is 30.9 Å². The maximum atomic E-state index is 12.5. The number of ether oxygens (including phenoxy) is 1. The van der Waals surface area contributed by atoms with Crippen molar-refractivity contribution >= 4 is 11.6 Å². The lowest BCUT2D eigenvalue weighted by Crippen LogP contribution is -2.40. The predicted molar refractivity (Wildman–Crippen MR) is 92.1 cm³/mol. The molecule has 124 valence electrons. The summed E-state index contributed by atoms with van der Waals surface area (Å²) < 4.78 is 6.88. The first-order valence-corrected chi connectivity index (χ1v) is 8.10. The van der Waals surface area contributed by atoms with Crippen molar-refractivity contribution in [3.05, 3.63) is 65.6 Å². The van der Waals surface area contributed by atoms with E-state index in [1.165, 1.54) is 0 Å². The fourth-order valence-electron chi connectivity index (χ4n) is 2.64. The smallest absolute Gasteiger partial charge is 0.274 e. The van der Waals surface area contributed by atoms with Crippen molar-refractivity contribution in [1.82, 2.24) is 19.5 Å². The van der Waals surface area contributed by atoms with Crippen LogP contribution in [-0.4, -0.2) is 51.7 Å². The van der Waals surface area contributed by atoms with Gasteiger partial charge in [-0.3, -0.25) is 4.79 Å². The molecule has 1 aliphatic heterocycles. The van der Waals surface area contributed by atoms with Crippen molar-refractivity contribution in [2.24, 2.45) is 0 Å². The van der Waals surface area contributed by atoms with Gasteiger partial charge >= 0.3 is 0 Å². The SMILES string of the molecule is O=C(c1cc2nc(C#Cc3ccccc3)ccn2n1)N1CCOCC1. The second kappa shape index (κ2) is 6.75. The normalized spacial score (nSPS) is 14.2. The minimum atomic E-state index is -0.0919. The molecule has 0 radical (unpaired) electrons. The van der Waals surface area contributed by atoms with E-state index < -0.39 is 0 Å². The van der Waals surface area contributed by atoms with E-state index in [0.29, 0.717) is 43.3 Å². The van der Waals surface area contributed by atoms with Crippen LogP contribution < -0.4 is 0 Å². The van der Waals surface area contributed by atoms with Crippen LogP contribution in [0.2, 0.25) is 0 Å². The first-order chi connectivity index (χ1) is 12.3. The van der Waals surface area contributed by atoms with E-state index in [1.54, 1.807) is 27.7 Å². The van der Waals surface area contributed by atoms with Crippen LogP contribution in [0.4, 0.5) is 0 Å². The van der Waals surface area contributed by atoms with Crippen molar-refractivity contribution < 1.29 is 9.53 Å². The number of fused-ring (bicyclic) bond motifs is 1. The standard InChI is InChI=1S/C19H16N4O2/c24-19(22-10-12-25-13-11-22)17-14-18-20-16(8-9-23(18)21-17)7-6-15-4-2-1-3-5-15/h1-5,8-9,14H,10-13H2. The van der Waals surface area contributed by atoms with Crippen LogP contribution in [-0.2, 0) is 4.74 Å². The Balaban J connectivity index is 1.59. The summed E-state index contributed by atoms with van der Waals surface area (Å²) in [7, 11) is 0. The zero-order chi connectivity index (χ0) is 17.1. The highest BCUT2D eigenvalue weighted by Gasteiger charge is 2.21. The zero-order valence-corrected chi connectivity index (χ0v) is 13.6. The summed E-state index contributed by atoms with van der Waals surface area (Å²) in [6.07, 6.45) is 1.77. The Morgan fingerprint density at radius 2 is 1.88 bits per heavy atom. The number of hydrogen-bond donors (Lipinski definition) is 0. The molecule has 0 saturated carbocycles. The number of aromatic nitrogens is 3. The highest BCUT2D eigenvalue weighted by Crippen LogP contribution is 2.09. The third kappa shape index (κ3) is 3.37. The van der Waals surface area contributed by atoms with Crippen LogP contribution >= 0.6 is 0 Å². The highest BCUT2D eigenvalue weighted by atomic mass is 16.5. The summed E-state index contributed by atoms with van der Waals surface area (Å²) in [5, 5.41) is 4.32.